The number of nitrogens with zero attached hydrogens (tertiary/aromatic N) is 1. The number of amides is 3. The van der Waals surface area contributed by atoms with Gasteiger partial charge in [0.25, 0.3) is 11.1 Å². The van der Waals surface area contributed by atoms with Crippen LogP contribution in [0.3, 0.4) is 0 Å². The smallest absolute Gasteiger partial charge is 0.294 e. The van der Waals surface area contributed by atoms with Crippen LogP contribution in [0.2, 0.25) is 0 Å². The quantitative estimate of drug-likeness (QED) is 0.631. The van der Waals surface area contributed by atoms with Crippen molar-refractivity contribution in [3.8, 4) is 5.75 Å². The van der Waals surface area contributed by atoms with Gasteiger partial charge in [-0.3, -0.25) is 19.3 Å². The summed E-state index contributed by atoms with van der Waals surface area (Å²) in [6, 6.07) is 7.95. The summed E-state index contributed by atoms with van der Waals surface area (Å²) < 4.78 is 5.38. The van der Waals surface area contributed by atoms with Crippen molar-refractivity contribution in [2.75, 3.05) is 11.9 Å². The van der Waals surface area contributed by atoms with Crippen molar-refractivity contribution >= 4 is 40.6 Å². The number of nitrogens with one attached hydrogen (secondary N) is 1. The summed E-state index contributed by atoms with van der Waals surface area (Å²) >= 11 is 0.765. The number of hydrogen-bond acceptors (Lipinski definition) is 6. The topological polar surface area (TPSA) is 99.9 Å². The number of carbonyl (C=O) groups excluding carboxylic acids is 3. The van der Waals surface area contributed by atoms with Crippen LogP contribution in [0.25, 0.3) is 6.08 Å². The average molecular weight is 372 g/mol. The van der Waals surface area contributed by atoms with Crippen molar-refractivity contribution in [2.45, 2.75) is 13.8 Å². The van der Waals surface area contributed by atoms with E-state index in [2.05, 4.69) is 5.32 Å². The first kappa shape index (κ1) is 17.8. The van der Waals surface area contributed by atoms with Gasteiger partial charge in [0.2, 0.25) is 5.91 Å². The van der Waals surface area contributed by atoms with Gasteiger partial charge in [0.1, 0.15) is 23.8 Å². The first-order chi connectivity index (χ1) is 12.3. The Kier molecular flexibility index (Phi) is 4.85. The molecule has 2 aromatic rings. The van der Waals surface area contributed by atoms with E-state index >= 15 is 0 Å². The lowest BCUT2D eigenvalue weighted by Gasteiger charge is -2.13. The standard InChI is InChI=1S/C18H16N2O5S/c1-10-7-12(21)4-6-14(10)19-16(22)9-20-17(23)15(26-18(20)24)8-13-5-3-11(2)25-13/h3-8,21H,9H2,1-2H3,(H,19,22)/b15-8-. The van der Waals surface area contributed by atoms with Gasteiger partial charge in [-0.1, -0.05) is 0 Å². The van der Waals surface area contributed by atoms with Crippen molar-refractivity contribution in [3.63, 3.8) is 0 Å². The molecular formula is C18H16N2O5S. The average Bonchev–Trinajstić information content (AvgIpc) is 3.09. The van der Waals surface area contributed by atoms with Gasteiger partial charge in [0, 0.05) is 11.8 Å². The minimum Gasteiger partial charge on any atom is -0.508 e. The monoisotopic (exact) mass is 372 g/mol. The summed E-state index contributed by atoms with van der Waals surface area (Å²) in [6.07, 6.45) is 1.49. The highest BCUT2D eigenvalue weighted by atomic mass is 32.2. The van der Waals surface area contributed by atoms with Crippen molar-refractivity contribution in [2.24, 2.45) is 0 Å². The number of imide groups is 1. The predicted octanol–water partition coefficient (Wildman–Crippen LogP) is 3.28. The number of aromatic hydroxyl groups is 1. The second kappa shape index (κ2) is 7.09. The van der Waals surface area contributed by atoms with Crippen molar-refractivity contribution in [3.05, 3.63) is 52.3 Å². The summed E-state index contributed by atoms with van der Waals surface area (Å²) in [5, 5.41) is 11.5. The fourth-order valence-electron chi connectivity index (χ4n) is 2.42. The van der Waals surface area contributed by atoms with Crippen LogP contribution < -0.4 is 5.32 Å². The number of aryl methyl sites for hydroxylation is 2. The molecule has 1 fully saturated rings. The third-order valence-corrected chi connectivity index (χ3v) is 4.60. The van der Waals surface area contributed by atoms with Gasteiger partial charge in [-0.25, -0.2) is 0 Å². The summed E-state index contributed by atoms with van der Waals surface area (Å²) in [5.74, 6) is 0.212. The van der Waals surface area contributed by atoms with Crippen LogP contribution in [-0.4, -0.2) is 33.6 Å². The number of carbonyl (C=O) groups is 3. The van der Waals surface area contributed by atoms with Crippen LogP contribution in [-0.2, 0) is 9.59 Å². The second-order valence-electron chi connectivity index (χ2n) is 5.76. The molecule has 3 amide bonds. The molecule has 1 aromatic carbocycles. The lowest BCUT2D eigenvalue weighted by atomic mass is 10.2. The van der Waals surface area contributed by atoms with Gasteiger partial charge >= 0.3 is 0 Å². The highest BCUT2D eigenvalue weighted by Gasteiger charge is 2.36. The van der Waals surface area contributed by atoms with Crippen LogP contribution >= 0.6 is 11.8 Å². The zero-order valence-electron chi connectivity index (χ0n) is 14.1. The number of thioether (sulfide) groups is 1. The molecule has 0 unspecified atom stereocenters. The number of hydrogen-bond donors (Lipinski definition) is 2. The first-order valence-electron chi connectivity index (χ1n) is 7.75. The number of furan rings is 1. The Morgan fingerprint density at radius 3 is 2.69 bits per heavy atom. The fourth-order valence-corrected chi connectivity index (χ4v) is 3.24. The Bertz CT molecular complexity index is 931. The fraction of sp³-hybridized carbons (Fsp3) is 0.167. The molecule has 3 rings (SSSR count). The van der Waals surface area contributed by atoms with Crippen LogP contribution in [0.5, 0.6) is 5.75 Å². The molecule has 8 heteroatoms. The number of rotatable bonds is 4. The molecule has 26 heavy (non-hydrogen) atoms. The zero-order valence-corrected chi connectivity index (χ0v) is 14.9. The van der Waals surface area contributed by atoms with Crippen LogP contribution in [0.1, 0.15) is 17.1 Å². The number of phenols is 1. The molecule has 2 N–H and O–H groups in total. The lowest BCUT2D eigenvalue weighted by molar-refractivity contribution is -0.127. The van der Waals surface area contributed by atoms with Gasteiger partial charge in [0.05, 0.1) is 4.91 Å². The molecular weight excluding hydrogens is 356 g/mol. The first-order valence-corrected chi connectivity index (χ1v) is 8.56. The van der Waals surface area contributed by atoms with E-state index < -0.39 is 17.1 Å². The van der Waals surface area contributed by atoms with Crippen molar-refractivity contribution in [1.82, 2.24) is 4.90 Å². The molecule has 7 nitrogen and oxygen atoms in total. The number of phenolic OH excluding ortho intramolecular Hbond substituents is 1. The zero-order chi connectivity index (χ0) is 18.8. The Hall–Kier alpha value is -3.00. The Labute approximate surface area is 153 Å². The second-order valence-corrected chi connectivity index (χ2v) is 6.76. The summed E-state index contributed by atoms with van der Waals surface area (Å²) in [4.78, 5) is 37.8. The lowest BCUT2D eigenvalue weighted by Crippen LogP contribution is -2.36. The Morgan fingerprint density at radius 1 is 1.27 bits per heavy atom. The normalized spacial score (nSPS) is 15.8. The molecule has 0 bridgehead atoms. The molecule has 0 spiro atoms. The third-order valence-electron chi connectivity index (χ3n) is 3.69. The molecule has 2 heterocycles. The van der Waals surface area contributed by atoms with E-state index in [1.807, 2.05) is 0 Å². The molecule has 0 saturated carbocycles. The maximum Gasteiger partial charge on any atom is 0.294 e. The van der Waals surface area contributed by atoms with Gasteiger partial charge in [-0.05, 0) is 61.5 Å². The molecule has 1 aliphatic heterocycles. The van der Waals surface area contributed by atoms with E-state index in [0.29, 0.717) is 22.8 Å². The van der Waals surface area contributed by atoms with E-state index in [-0.39, 0.29) is 17.2 Å². The SMILES string of the molecule is Cc1ccc(/C=C2\SC(=O)N(CC(=O)Nc3ccc(O)cc3C)C2=O)o1. The van der Waals surface area contributed by atoms with Crippen molar-refractivity contribution in [1.29, 1.82) is 0 Å². The maximum atomic E-state index is 12.4. The van der Waals surface area contributed by atoms with Crippen LogP contribution in [0.15, 0.2) is 39.7 Å². The highest BCUT2D eigenvalue weighted by molar-refractivity contribution is 8.18. The van der Waals surface area contributed by atoms with Gasteiger partial charge < -0.3 is 14.8 Å². The Morgan fingerprint density at radius 2 is 2.04 bits per heavy atom. The molecule has 1 aromatic heterocycles. The van der Waals surface area contributed by atoms with Crippen LogP contribution in [0.4, 0.5) is 10.5 Å². The number of benzene rings is 1. The summed E-state index contributed by atoms with van der Waals surface area (Å²) in [6.45, 7) is 3.11. The van der Waals surface area contributed by atoms with Crippen molar-refractivity contribution < 1.29 is 23.9 Å². The predicted molar refractivity (Wildman–Crippen MR) is 97.6 cm³/mol. The number of anilines is 1. The largest absolute Gasteiger partial charge is 0.508 e. The maximum absolute atomic E-state index is 12.4. The highest BCUT2D eigenvalue weighted by Crippen LogP contribution is 2.32. The van der Waals surface area contributed by atoms with Gasteiger partial charge in [0.15, 0.2) is 0 Å². The summed E-state index contributed by atoms with van der Waals surface area (Å²) in [5.41, 5.74) is 1.17. The van der Waals surface area contributed by atoms with Gasteiger partial charge in [-0.15, -0.1) is 0 Å². The minimum atomic E-state index is -0.536. The van der Waals surface area contributed by atoms with E-state index in [1.54, 1.807) is 32.0 Å². The molecule has 1 saturated heterocycles. The molecule has 0 aliphatic carbocycles. The molecule has 134 valence electrons. The van der Waals surface area contributed by atoms with Crippen LogP contribution in [0, 0.1) is 13.8 Å². The summed E-state index contributed by atoms with van der Waals surface area (Å²) in [7, 11) is 0. The third kappa shape index (κ3) is 3.80. The van der Waals surface area contributed by atoms with E-state index in [9.17, 15) is 19.5 Å². The van der Waals surface area contributed by atoms with E-state index in [0.717, 1.165) is 16.7 Å². The molecule has 0 radical (unpaired) electrons. The van der Waals surface area contributed by atoms with E-state index in [1.165, 1.54) is 18.2 Å². The Balaban J connectivity index is 1.69. The minimum absolute atomic E-state index is 0.0877. The van der Waals surface area contributed by atoms with E-state index in [4.69, 9.17) is 4.42 Å². The van der Waals surface area contributed by atoms with Gasteiger partial charge in [-0.2, -0.15) is 0 Å². The molecule has 0 atom stereocenters. The molecule has 1 aliphatic rings.